The van der Waals surface area contributed by atoms with Gasteiger partial charge in [0.05, 0.1) is 13.2 Å². The van der Waals surface area contributed by atoms with Gasteiger partial charge in [0, 0.05) is 23.3 Å². The van der Waals surface area contributed by atoms with Gasteiger partial charge >= 0.3 is 6.03 Å². The maximum atomic E-state index is 12.9. The van der Waals surface area contributed by atoms with Crippen LogP contribution in [-0.2, 0) is 4.79 Å². The first-order valence-electron chi connectivity index (χ1n) is 8.92. The second-order valence-electron chi connectivity index (χ2n) is 6.28. The predicted molar refractivity (Wildman–Crippen MR) is 110 cm³/mol. The van der Waals surface area contributed by atoms with Crippen LogP contribution in [0.5, 0.6) is 5.75 Å². The second kappa shape index (κ2) is 8.76. The normalized spacial score (nSPS) is 16.7. The molecule has 0 radical (unpaired) electrons. The summed E-state index contributed by atoms with van der Waals surface area (Å²) in [5, 5.41) is 3.55. The summed E-state index contributed by atoms with van der Waals surface area (Å²) in [6, 6.07) is 13.7. The van der Waals surface area contributed by atoms with E-state index in [2.05, 4.69) is 5.32 Å². The predicted octanol–water partition coefficient (Wildman–Crippen LogP) is 4.60. The lowest BCUT2D eigenvalue weighted by atomic mass is 9.94. The molecule has 3 rings (SSSR count). The fourth-order valence-electron chi connectivity index (χ4n) is 2.93. The van der Waals surface area contributed by atoms with Crippen LogP contribution in [0.15, 0.2) is 66.4 Å². The van der Waals surface area contributed by atoms with Crippen molar-refractivity contribution in [1.82, 2.24) is 10.2 Å². The number of urea groups is 1. The number of hydrogen-bond acceptors (Lipinski definition) is 3. The highest BCUT2D eigenvalue weighted by Crippen LogP contribution is 2.28. The lowest BCUT2D eigenvalue weighted by Gasteiger charge is -2.31. The van der Waals surface area contributed by atoms with Gasteiger partial charge < -0.3 is 15.0 Å². The van der Waals surface area contributed by atoms with E-state index < -0.39 is 6.04 Å². The third kappa shape index (κ3) is 4.43. The highest BCUT2D eigenvalue weighted by Gasteiger charge is 2.30. The lowest BCUT2D eigenvalue weighted by Crippen LogP contribution is -2.44. The SMILES string of the molecule is CCN1C=C(C(=O)/C=C/c2ccc(Cl)cc2)C(c2ccc(OC)cc2)NC1=O. The van der Waals surface area contributed by atoms with Crippen LogP contribution >= 0.6 is 11.6 Å². The number of methoxy groups -OCH3 is 1. The number of benzene rings is 2. The van der Waals surface area contributed by atoms with E-state index in [4.69, 9.17) is 16.3 Å². The van der Waals surface area contributed by atoms with Gasteiger partial charge in [-0.05, 0) is 48.4 Å². The van der Waals surface area contributed by atoms with E-state index in [9.17, 15) is 9.59 Å². The van der Waals surface area contributed by atoms with Crippen molar-refractivity contribution in [3.8, 4) is 5.75 Å². The Kier molecular flexibility index (Phi) is 6.16. The largest absolute Gasteiger partial charge is 0.497 e. The van der Waals surface area contributed by atoms with E-state index in [0.717, 1.165) is 11.1 Å². The van der Waals surface area contributed by atoms with Gasteiger partial charge in [0.15, 0.2) is 5.78 Å². The van der Waals surface area contributed by atoms with Gasteiger partial charge in [0.2, 0.25) is 0 Å². The van der Waals surface area contributed by atoms with Gasteiger partial charge in [-0.15, -0.1) is 0 Å². The third-order valence-electron chi connectivity index (χ3n) is 4.51. The van der Waals surface area contributed by atoms with Crippen LogP contribution < -0.4 is 10.1 Å². The van der Waals surface area contributed by atoms with Crippen LogP contribution in [0, 0.1) is 0 Å². The van der Waals surface area contributed by atoms with Crippen molar-refractivity contribution in [1.29, 1.82) is 0 Å². The van der Waals surface area contributed by atoms with Gasteiger partial charge in [-0.1, -0.05) is 41.9 Å². The van der Waals surface area contributed by atoms with Crippen LogP contribution in [0.25, 0.3) is 6.08 Å². The molecule has 2 aromatic carbocycles. The molecule has 1 aliphatic rings. The van der Waals surface area contributed by atoms with Crippen molar-refractivity contribution in [2.75, 3.05) is 13.7 Å². The smallest absolute Gasteiger partial charge is 0.322 e. The number of allylic oxidation sites excluding steroid dienone is 1. The molecule has 1 heterocycles. The summed E-state index contributed by atoms with van der Waals surface area (Å²) < 4.78 is 5.18. The van der Waals surface area contributed by atoms with Crippen molar-refractivity contribution in [3.63, 3.8) is 0 Å². The standard InChI is InChI=1S/C22H21ClN2O3/c1-3-25-14-19(20(26)13-6-15-4-9-17(23)10-5-15)21(24-22(25)27)16-7-11-18(28-2)12-8-16/h4-14,21H,3H2,1-2H3,(H,24,27)/b13-6+. The zero-order valence-corrected chi connectivity index (χ0v) is 16.4. The van der Waals surface area contributed by atoms with Crippen molar-refractivity contribution >= 4 is 29.5 Å². The van der Waals surface area contributed by atoms with Crippen molar-refractivity contribution in [2.24, 2.45) is 0 Å². The number of nitrogens with zero attached hydrogens (tertiary/aromatic N) is 1. The lowest BCUT2D eigenvalue weighted by molar-refractivity contribution is -0.111. The van der Waals surface area contributed by atoms with Crippen LogP contribution in [0.2, 0.25) is 5.02 Å². The number of carbonyl (C=O) groups excluding carboxylic acids is 2. The van der Waals surface area contributed by atoms with Crippen LogP contribution in [0.1, 0.15) is 24.1 Å². The highest BCUT2D eigenvalue weighted by molar-refractivity contribution is 6.30. The summed E-state index contributed by atoms with van der Waals surface area (Å²) in [7, 11) is 1.59. The molecule has 2 amide bonds. The summed E-state index contributed by atoms with van der Waals surface area (Å²) >= 11 is 5.90. The van der Waals surface area contributed by atoms with E-state index in [-0.39, 0.29) is 11.8 Å². The zero-order valence-electron chi connectivity index (χ0n) is 15.7. The highest BCUT2D eigenvalue weighted by atomic mass is 35.5. The Morgan fingerprint density at radius 2 is 1.86 bits per heavy atom. The molecule has 0 bridgehead atoms. The number of ketones is 1. The number of nitrogens with one attached hydrogen (secondary N) is 1. The topological polar surface area (TPSA) is 58.6 Å². The van der Waals surface area contributed by atoms with Gasteiger partial charge in [0.25, 0.3) is 0 Å². The molecule has 6 heteroatoms. The van der Waals surface area contributed by atoms with Gasteiger partial charge in [-0.3, -0.25) is 4.79 Å². The van der Waals surface area contributed by atoms with Crippen LogP contribution in [-0.4, -0.2) is 30.4 Å². The molecular weight excluding hydrogens is 376 g/mol. The molecule has 0 fully saturated rings. The minimum Gasteiger partial charge on any atom is -0.497 e. The summed E-state index contributed by atoms with van der Waals surface area (Å²) in [5.41, 5.74) is 2.17. The molecule has 1 atom stereocenters. The van der Waals surface area contributed by atoms with E-state index in [1.165, 1.54) is 11.0 Å². The molecule has 2 aromatic rings. The number of ether oxygens (including phenoxy) is 1. The number of amides is 2. The minimum absolute atomic E-state index is 0.172. The molecule has 0 aromatic heterocycles. The average Bonchev–Trinajstić information content (AvgIpc) is 2.73. The van der Waals surface area contributed by atoms with Crippen LogP contribution in [0.4, 0.5) is 4.79 Å². The maximum absolute atomic E-state index is 12.9. The molecule has 1 N–H and O–H groups in total. The third-order valence-corrected chi connectivity index (χ3v) is 4.76. The molecule has 0 spiro atoms. The molecule has 5 nitrogen and oxygen atoms in total. The van der Waals surface area contributed by atoms with E-state index in [0.29, 0.717) is 22.9 Å². The quantitative estimate of drug-likeness (QED) is 0.726. The van der Waals surface area contributed by atoms with Crippen LogP contribution in [0.3, 0.4) is 0 Å². The first-order valence-corrected chi connectivity index (χ1v) is 9.30. The minimum atomic E-state index is -0.524. The average molecular weight is 397 g/mol. The Morgan fingerprint density at radius 1 is 1.18 bits per heavy atom. The monoisotopic (exact) mass is 396 g/mol. The van der Waals surface area contributed by atoms with Crippen molar-refractivity contribution in [2.45, 2.75) is 13.0 Å². The zero-order chi connectivity index (χ0) is 20.1. The molecule has 0 saturated carbocycles. The Balaban J connectivity index is 1.90. The fraction of sp³-hybridized carbons (Fsp3) is 0.182. The molecule has 0 saturated heterocycles. The summed E-state index contributed by atoms with van der Waals surface area (Å²) in [5.74, 6) is 0.537. The Hall–Kier alpha value is -3.05. The van der Waals surface area contributed by atoms with Gasteiger partial charge in [0.1, 0.15) is 5.75 Å². The number of halogens is 1. The maximum Gasteiger partial charge on any atom is 0.322 e. The Labute approximate surface area is 169 Å². The number of carbonyl (C=O) groups is 2. The Morgan fingerprint density at radius 3 is 2.46 bits per heavy atom. The second-order valence-corrected chi connectivity index (χ2v) is 6.71. The van der Waals surface area contributed by atoms with E-state index >= 15 is 0 Å². The Bertz CT molecular complexity index is 918. The van der Waals surface area contributed by atoms with E-state index in [1.54, 1.807) is 43.7 Å². The first kappa shape index (κ1) is 19.7. The molecule has 144 valence electrons. The summed E-state index contributed by atoms with van der Waals surface area (Å²) in [6.45, 7) is 2.33. The molecule has 0 aliphatic carbocycles. The molecule has 1 aliphatic heterocycles. The molecule has 28 heavy (non-hydrogen) atoms. The van der Waals surface area contributed by atoms with Crippen molar-refractivity contribution < 1.29 is 14.3 Å². The van der Waals surface area contributed by atoms with Gasteiger partial charge in [-0.25, -0.2) is 4.79 Å². The molecular formula is C22H21ClN2O3. The fourth-order valence-corrected chi connectivity index (χ4v) is 3.05. The first-order chi connectivity index (χ1) is 13.5. The molecule has 1 unspecified atom stereocenters. The van der Waals surface area contributed by atoms with E-state index in [1.807, 2.05) is 31.2 Å². The summed E-state index contributed by atoms with van der Waals surface area (Å²) in [4.78, 5) is 26.7. The summed E-state index contributed by atoms with van der Waals surface area (Å²) in [6.07, 6.45) is 4.87. The van der Waals surface area contributed by atoms with Crippen molar-refractivity contribution in [3.05, 3.63) is 82.5 Å². The number of rotatable bonds is 6. The number of hydrogen-bond donors (Lipinski definition) is 1. The van der Waals surface area contributed by atoms with Gasteiger partial charge in [-0.2, -0.15) is 0 Å².